The third kappa shape index (κ3) is 13.9. The van der Waals surface area contributed by atoms with Gasteiger partial charge in [-0.25, -0.2) is 0 Å². The summed E-state index contributed by atoms with van der Waals surface area (Å²) in [5, 5.41) is 50.0. The Kier molecular flexibility index (Phi) is 18.0. The molecule has 4 atom stereocenters. The number of hydrogen-bond donors (Lipinski definition) is 6. The van der Waals surface area contributed by atoms with Crippen LogP contribution in [0.5, 0.6) is 0 Å². The first kappa shape index (κ1) is 25.8. The minimum Gasteiger partial charge on any atom is -0.394 e. The van der Waals surface area contributed by atoms with E-state index in [1.54, 1.807) is 0 Å². The van der Waals surface area contributed by atoms with Crippen LogP contribution in [0.15, 0.2) is 0 Å². The Morgan fingerprint density at radius 2 is 1.04 bits per heavy atom. The second-order valence-corrected chi connectivity index (χ2v) is 7.39. The van der Waals surface area contributed by atoms with Crippen molar-refractivity contribution in [1.29, 1.82) is 0 Å². The summed E-state index contributed by atoms with van der Waals surface area (Å²) in [6, 6.07) is 0. The largest absolute Gasteiger partial charge is 0.394 e. The zero-order valence-corrected chi connectivity index (χ0v) is 16.7. The summed E-state index contributed by atoms with van der Waals surface area (Å²) >= 11 is 0. The van der Waals surface area contributed by atoms with Crippen molar-refractivity contribution in [2.45, 2.75) is 108 Å². The molecule has 0 heterocycles. The summed E-state index contributed by atoms with van der Waals surface area (Å²) in [4.78, 5) is 0. The lowest BCUT2D eigenvalue weighted by atomic mass is 10.0. The summed E-state index contributed by atoms with van der Waals surface area (Å²) < 4.78 is 0. The standard InChI is InChI=1S/C20H43NO5/c1-2-3-4-5-6-7-8-9-10-11-12-13-14-21-15-17(23)19(25)20(26)18(24)16-22/h17-26H,2-16H2,1H3/t17-,18-,19-,20-/m1/s1. The van der Waals surface area contributed by atoms with Crippen LogP contribution >= 0.6 is 0 Å². The molecule has 6 N–H and O–H groups in total. The number of aliphatic hydroxyl groups excluding tert-OH is 5. The van der Waals surface area contributed by atoms with Crippen molar-refractivity contribution in [3.05, 3.63) is 0 Å². The van der Waals surface area contributed by atoms with Gasteiger partial charge in [0.2, 0.25) is 0 Å². The van der Waals surface area contributed by atoms with Gasteiger partial charge >= 0.3 is 0 Å². The smallest absolute Gasteiger partial charge is 0.111 e. The summed E-state index contributed by atoms with van der Waals surface area (Å²) in [7, 11) is 0. The molecule has 26 heavy (non-hydrogen) atoms. The number of rotatable bonds is 19. The Balaban J connectivity index is 3.37. The Morgan fingerprint density at radius 3 is 1.50 bits per heavy atom. The first-order valence-corrected chi connectivity index (χ1v) is 10.6. The van der Waals surface area contributed by atoms with Crippen molar-refractivity contribution in [3.8, 4) is 0 Å². The Hall–Kier alpha value is -0.240. The molecule has 0 saturated heterocycles. The highest BCUT2D eigenvalue weighted by Crippen LogP contribution is 2.11. The fourth-order valence-corrected chi connectivity index (χ4v) is 3.02. The molecule has 0 unspecified atom stereocenters. The topological polar surface area (TPSA) is 113 Å². The van der Waals surface area contributed by atoms with Crippen molar-refractivity contribution in [2.24, 2.45) is 0 Å². The SMILES string of the molecule is CCCCCCCCCCCCCCNC[C@@H](O)[C@@H](O)[C@H](O)[C@H](O)CO. The first-order valence-electron chi connectivity index (χ1n) is 10.6. The van der Waals surface area contributed by atoms with E-state index in [9.17, 15) is 20.4 Å². The summed E-state index contributed by atoms with van der Waals surface area (Å²) in [5.41, 5.74) is 0. The molecule has 0 rings (SSSR count). The highest BCUT2D eigenvalue weighted by molar-refractivity contribution is 4.81. The molecule has 0 saturated carbocycles. The van der Waals surface area contributed by atoms with Crippen molar-refractivity contribution in [2.75, 3.05) is 19.7 Å². The van der Waals surface area contributed by atoms with E-state index < -0.39 is 31.0 Å². The van der Waals surface area contributed by atoms with Gasteiger partial charge in [-0.3, -0.25) is 0 Å². The molecule has 0 aromatic heterocycles. The van der Waals surface area contributed by atoms with E-state index in [-0.39, 0.29) is 6.54 Å². The van der Waals surface area contributed by atoms with Gasteiger partial charge in [0.1, 0.15) is 18.3 Å². The lowest BCUT2D eigenvalue weighted by Gasteiger charge is -2.25. The molecular weight excluding hydrogens is 334 g/mol. The van der Waals surface area contributed by atoms with Crippen molar-refractivity contribution < 1.29 is 25.5 Å². The molecule has 6 heteroatoms. The van der Waals surface area contributed by atoms with Gasteiger partial charge in [-0.2, -0.15) is 0 Å². The highest BCUT2D eigenvalue weighted by atomic mass is 16.4. The molecule has 0 bridgehead atoms. The normalized spacial score (nSPS) is 16.4. The van der Waals surface area contributed by atoms with Crippen LogP contribution in [0, 0.1) is 0 Å². The van der Waals surface area contributed by atoms with Crippen LogP contribution in [-0.2, 0) is 0 Å². The predicted octanol–water partition coefficient (Wildman–Crippen LogP) is 1.71. The Bertz CT molecular complexity index is 293. The van der Waals surface area contributed by atoms with Gasteiger partial charge in [0.25, 0.3) is 0 Å². The number of aliphatic hydroxyl groups is 5. The molecule has 0 aliphatic heterocycles. The first-order chi connectivity index (χ1) is 12.5. The van der Waals surface area contributed by atoms with Gasteiger partial charge in [-0.15, -0.1) is 0 Å². The molecular formula is C20H43NO5. The van der Waals surface area contributed by atoms with E-state index in [4.69, 9.17) is 5.11 Å². The van der Waals surface area contributed by atoms with E-state index in [0.717, 1.165) is 19.4 Å². The minimum atomic E-state index is -1.55. The van der Waals surface area contributed by atoms with Crippen molar-refractivity contribution >= 4 is 0 Å². The van der Waals surface area contributed by atoms with E-state index >= 15 is 0 Å². The van der Waals surface area contributed by atoms with E-state index in [2.05, 4.69) is 12.2 Å². The third-order valence-electron chi connectivity index (χ3n) is 4.89. The molecule has 0 radical (unpaired) electrons. The Morgan fingerprint density at radius 1 is 0.615 bits per heavy atom. The molecule has 0 aromatic carbocycles. The average Bonchev–Trinajstić information content (AvgIpc) is 2.66. The number of unbranched alkanes of at least 4 members (excludes halogenated alkanes) is 11. The number of nitrogens with one attached hydrogen (secondary N) is 1. The van der Waals surface area contributed by atoms with E-state index in [1.807, 2.05) is 0 Å². The lowest BCUT2D eigenvalue weighted by Crippen LogP contribution is -2.49. The second kappa shape index (κ2) is 18.1. The Labute approximate surface area is 159 Å². The molecule has 0 spiro atoms. The number of hydrogen-bond acceptors (Lipinski definition) is 6. The fourth-order valence-electron chi connectivity index (χ4n) is 3.02. The van der Waals surface area contributed by atoms with Gasteiger partial charge in [0.05, 0.1) is 12.7 Å². The van der Waals surface area contributed by atoms with Crippen molar-refractivity contribution in [3.63, 3.8) is 0 Å². The monoisotopic (exact) mass is 377 g/mol. The third-order valence-corrected chi connectivity index (χ3v) is 4.89. The summed E-state index contributed by atoms with van der Waals surface area (Å²) in [6.07, 6.45) is 9.86. The molecule has 0 aromatic rings. The zero-order valence-electron chi connectivity index (χ0n) is 16.7. The average molecular weight is 378 g/mol. The quantitative estimate of drug-likeness (QED) is 0.191. The lowest BCUT2D eigenvalue weighted by molar-refractivity contribution is -0.113. The summed E-state index contributed by atoms with van der Waals surface area (Å²) in [6.45, 7) is 2.49. The maximum Gasteiger partial charge on any atom is 0.111 e. The van der Waals surface area contributed by atoms with Gasteiger partial charge in [0, 0.05) is 6.54 Å². The van der Waals surface area contributed by atoms with Gasteiger partial charge in [-0.1, -0.05) is 77.6 Å². The van der Waals surface area contributed by atoms with Gasteiger partial charge in [-0.05, 0) is 13.0 Å². The molecule has 158 valence electrons. The highest BCUT2D eigenvalue weighted by Gasteiger charge is 2.29. The van der Waals surface area contributed by atoms with E-state index in [0.29, 0.717) is 0 Å². The second-order valence-electron chi connectivity index (χ2n) is 7.39. The summed E-state index contributed by atoms with van der Waals surface area (Å²) in [5.74, 6) is 0. The maximum absolute atomic E-state index is 9.76. The molecule has 6 nitrogen and oxygen atoms in total. The van der Waals surface area contributed by atoms with Gasteiger partial charge < -0.3 is 30.8 Å². The predicted molar refractivity (Wildman–Crippen MR) is 105 cm³/mol. The van der Waals surface area contributed by atoms with Crippen LogP contribution in [0.1, 0.15) is 84.0 Å². The van der Waals surface area contributed by atoms with E-state index in [1.165, 1.54) is 64.2 Å². The van der Waals surface area contributed by atoms with Crippen LogP contribution in [0.4, 0.5) is 0 Å². The zero-order chi connectivity index (χ0) is 19.6. The van der Waals surface area contributed by atoms with Gasteiger partial charge in [0.15, 0.2) is 0 Å². The molecule has 0 fully saturated rings. The van der Waals surface area contributed by atoms with Crippen LogP contribution in [0.2, 0.25) is 0 Å². The fraction of sp³-hybridized carbons (Fsp3) is 1.00. The van der Waals surface area contributed by atoms with Crippen molar-refractivity contribution in [1.82, 2.24) is 5.32 Å². The van der Waals surface area contributed by atoms with Crippen LogP contribution in [0.25, 0.3) is 0 Å². The minimum absolute atomic E-state index is 0.147. The van der Waals surface area contributed by atoms with Crippen LogP contribution < -0.4 is 5.32 Å². The molecule has 0 aliphatic carbocycles. The van der Waals surface area contributed by atoms with Crippen LogP contribution in [0.3, 0.4) is 0 Å². The molecule has 0 amide bonds. The molecule has 0 aliphatic rings. The van der Waals surface area contributed by atoms with Crippen LogP contribution in [-0.4, -0.2) is 69.6 Å². The maximum atomic E-state index is 9.76.